The molecule has 2 aromatic rings. The molecule has 0 bridgehead atoms. The highest BCUT2D eigenvalue weighted by molar-refractivity contribution is 6.01. The molecule has 0 aliphatic heterocycles. The second-order valence-electron chi connectivity index (χ2n) is 3.17. The number of ketones is 1. The first kappa shape index (κ1) is 8.68. The van der Waals surface area contributed by atoms with Crippen molar-refractivity contribution < 1.29 is 13.9 Å². The maximum absolute atomic E-state index is 11.9. The normalized spacial score (nSPS) is 10.4. The molecule has 72 valence electrons. The lowest BCUT2D eigenvalue weighted by molar-refractivity contribution is -0.679. The van der Waals surface area contributed by atoms with Crippen LogP contribution in [0.25, 0.3) is 0 Å². The summed E-state index contributed by atoms with van der Waals surface area (Å²) >= 11 is 0. The third kappa shape index (κ3) is 1.22. The van der Waals surface area contributed by atoms with Gasteiger partial charge in [-0.05, 0) is 0 Å². The minimum absolute atomic E-state index is 0.0509. The summed E-state index contributed by atoms with van der Waals surface area (Å²) in [6.07, 6.45) is 7.07. The monoisotopic (exact) mass is 192 g/mol. The highest BCUT2D eigenvalue weighted by Crippen LogP contribution is 1.95. The van der Waals surface area contributed by atoms with Gasteiger partial charge in [-0.2, -0.15) is 0 Å². The van der Waals surface area contributed by atoms with Crippen molar-refractivity contribution in [2.75, 3.05) is 0 Å². The fourth-order valence-electron chi connectivity index (χ4n) is 1.37. The van der Waals surface area contributed by atoms with Crippen molar-refractivity contribution in [2.24, 2.45) is 14.1 Å². The van der Waals surface area contributed by atoms with E-state index in [0.29, 0.717) is 11.6 Å². The number of nitrogens with one attached hydrogen (secondary N) is 2. The average molecular weight is 192 g/mol. The van der Waals surface area contributed by atoms with Crippen LogP contribution in [0.4, 0.5) is 0 Å². The number of hydrogen-bond donors (Lipinski definition) is 2. The Morgan fingerprint density at radius 1 is 1.07 bits per heavy atom. The lowest BCUT2D eigenvalue weighted by Gasteiger charge is -1.90. The molecule has 0 unspecified atom stereocenters. The zero-order chi connectivity index (χ0) is 10.1. The van der Waals surface area contributed by atoms with Crippen LogP contribution in [0.15, 0.2) is 24.8 Å². The van der Waals surface area contributed by atoms with Crippen LogP contribution >= 0.6 is 0 Å². The summed E-state index contributed by atoms with van der Waals surface area (Å²) in [4.78, 5) is 17.7. The molecule has 2 N–H and O–H groups in total. The van der Waals surface area contributed by atoms with E-state index >= 15 is 0 Å². The molecule has 0 aliphatic rings. The van der Waals surface area contributed by atoms with Gasteiger partial charge in [0.1, 0.15) is 24.8 Å². The van der Waals surface area contributed by atoms with Gasteiger partial charge in [0.05, 0.1) is 14.1 Å². The smallest absolute Gasteiger partial charge is 0.271 e. The van der Waals surface area contributed by atoms with E-state index in [-0.39, 0.29) is 5.78 Å². The number of imidazole rings is 2. The SMILES string of the molecule is C[n+]1cc[nH]c1C(=O)c1[nH]cc[n+]1C. The minimum Gasteiger partial charge on any atom is -0.271 e. The number of aryl methyl sites for hydroxylation is 2. The maximum Gasteiger partial charge on any atom is 0.355 e. The number of carbonyl (C=O) groups excluding carboxylic acids is 1. The van der Waals surface area contributed by atoms with Crippen molar-refractivity contribution in [3.05, 3.63) is 36.4 Å². The number of rotatable bonds is 2. The molecule has 0 aliphatic carbocycles. The summed E-state index contributed by atoms with van der Waals surface area (Å²) in [7, 11) is 3.65. The van der Waals surface area contributed by atoms with Gasteiger partial charge in [0.2, 0.25) is 0 Å². The summed E-state index contributed by atoms with van der Waals surface area (Å²) < 4.78 is 3.51. The molecule has 0 atom stereocenters. The van der Waals surface area contributed by atoms with Gasteiger partial charge in [0, 0.05) is 0 Å². The molecule has 5 heteroatoms. The second-order valence-corrected chi connectivity index (χ2v) is 3.17. The zero-order valence-electron chi connectivity index (χ0n) is 8.11. The molecule has 0 aromatic carbocycles. The van der Waals surface area contributed by atoms with Gasteiger partial charge in [-0.1, -0.05) is 0 Å². The van der Waals surface area contributed by atoms with Gasteiger partial charge in [-0.25, -0.2) is 19.1 Å². The minimum atomic E-state index is -0.0509. The summed E-state index contributed by atoms with van der Waals surface area (Å²) in [5, 5.41) is 0. The van der Waals surface area contributed by atoms with Crippen molar-refractivity contribution in [3.8, 4) is 0 Å². The molecule has 0 saturated heterocycles. The van der Waals surface area contributed by atoms with E-state index in [1.54, 1.807) is 33.9 Å². The number of aromatic nitrogens is 4. The van der Waals surface area contributed by atoms with Crippen LogP contribution < -0.4 is 9.13 Å². The summed E-state index contributed by atoms with van der Waals surface area (Å²) in [6, 6.07) is 0. The van der Waals surface area contributed by atoms with E-state index in [2.05, 4.69) is 9.97 Å². The Labute approximate surface area is 81.0 Å². The highest BCUT2D eigenvalue weighted by Gasteiger charge is 2.27. The Morgan fingerprint density at radius 3 is 1.79 bits per heavy atom. The van der Waals surface area contributed by atoms with E-state index in [1.807, 2.05) is 14.1 Å². The van der Waals surface area contributed by atoms with Gasteiger partial charge >= 0.3 is 17.4 Å². The van der Waals surface area contributed by atoms with Gasteiger partial charge < -0.3 is 0 Å². The maximum atomic E-state index is 11.9. The summed E-state index contributed by atoms with van der Waals surface area (Å²) in [6.45, 7) is 0. The number of aromatic amines is 2. The molecule has 0 radical (unpaired) electrons. The van der Waals surface area contributed by atoms with E-state index in [0.717, 1.165) is 0 Å². The zero-order valence-corrected chi connectivity index (χ0v) is 8.11. The van der Waals surface area contributed by atoms with Crippen LogP contribution in [0.2, 0.25) is 0 Å². The Morgan fingerprint density at radius 2 is 1.50 bits per heavy atom. The lowest BCUT2D eigenvalue weighted by atomic mass is 10.3. The largest absolute Gasteiger partial charge is 0.355 e. The quantitative estimate of drug-likeness (QED) is 0.476. The Bertz CT molecular complexity index is 426. The van der Waals surface area contributed by atoms with Crippen molar-refractivity contribution >= 4 is 5.78 Å². The van der Waals surface area contributed by atoms with Gasteiger partial charge in [0.25, 0.3) is 0 Å². The molecule has 0 spiro atoms. The highest BCUT2D eigenvalue weighted by atomic mass is 16.1. The molecule has 14 heavy (non-hydrogen) atoms. The Kier molecular flexibility index (Phi) is 1.92. The molecular weight excluding hydrogens is 180 g/mol. The van der Waals surface area contributed by atoms with E-state index in [4.69, 9.17) is 0 Å². The van der Waals surface area contributed by atoms with Crippen LogP contribution in [0.5, 0.6) is 0 Å². The predicted molar refractivity (Wildman–Crippen MR) is 47.4 cm³/mol. The number of nitrogens with zero attached hydrogens (tertiary/aromatic N) is 2. The van der Waals surface area contributed by atoms with Crippen LogP contribution in [0.1, 0.15) is 16.4 Å². The molecule has 2 heterocycles. The molecule has 0 fully saturated rings. The topological polar surface area (TPSA) is 56.4 Å². The van der Waals surface area contributed by atoms with Gasteiger partial charge in [0.15, 0.2) is 0 Å². The first-order valence-corrected chi connectivity index (χ1v) is 4.31. The average Bonchev–Trinajstić information content (AvgIpc) is 2.73. The van der Waals surface area contributed by atoms with Crippen molar-refractivity contribution in [3.63, 3.8) is 0 Å². The third-order valence-electron chi connectivity index (χ3n) is 2.17. The molecule has 2 rings (SSSR count). The number of carbonyl (C=O) groups is 1. The molecule has 0 saturated carbocycles. The first-order chi connectivity index (χ1) is 6.70. The molecule has 2 aromatic heterocycles. The third-order valence-corrected chi connectivity index (χ3v) is 2.17. The number of hydrogen-bond acceptors (Lipinski definition) is 1. The molecule has 5 nitrogen and oxygen atoms in total. The van der Waals surface area contributed by atoms with Gasteiger partial charge in [-0.3, -0.25) is 4.79 Å². The Balaban J connectivity index is 2.44. The lowest BCUT2D eigenvalue weighted by Crippen LogP contribution is -2.39. The van der Waals surface area contributed by atoms with Crippen LogP contribution in [-0.2, 0) is 14.1 Å². The molecular formula is C9H12N4O+2. The van der Waals surface area contributed by atoms with Crippen molar-refractivity contribution in [2.45, 2.75) is 0 Å². The van der Waals surface area contributed by atoms with Gasteiger partial charge in [-0.15, -0.1) is 0 Å². The summed E-state index contributed by atoms with van der Waals surface area (Å²) in [5.74, 6) is 1.07. The fraction of sp³-hybridized carbons (Fsp3) is 0.222. The second kappa shape index (κ2) is 3.10. The first-order valence-electron chi connectivity index (χ1n) is 4.31. The predicted octanol–water partition coefficient (Wildman–Crippen LogP) is -0.777. The molecule has 0 amide bonds. The van der Waals surface area contributed by atoms with Crippen LogP contribution in [-0.4, -0.2) is 15.8 Å². The fourth-order valence-corrected chi connectivity index (χ4v) is 1.37. The summed E-state index contributed by atoms with van der Waals surface area (Å²) in [5.41, 5.74) is 0. The Hall–Kier alpha value is -1.91. The van der Waals surface area contributed by atoms with E-state index in [9.17, 15) is 4.79 Å². The van der Waals surface area contributed by atoms with E-state index in [1.165, 1.54) is 0 Å². The van der Waals surface area contributed by atoms with E-state index < -0.39 is 0 Å². The van der Waals surface area contributed by atoms with Crippen LogP contribution in [0, 0.1) is 0 Å². The van der Waals surface area contributed by atoms with Crippen molar-refractivity contribution in [1.29, 1.82) is 0 Å². The number of H-pyrrole nitrogens is 2. The van der Waals surface area contributed by atoms with Crippen molar-refractivity contribution in [1.82, 2.24) is 9.97 Å². The van der Waals surface area contributed by atoms with Crippen LogP contribution in [0.3, 0.4) is 0 Å². The standard InChI is InChI=1S/C9H10N4O/c1-12-5-3-10-8(12)7(14)9-11-4-6-13(9)2/h3-6H,1-2H3/p+2.